The van der Waals surface area contributed by atoms with Crippen molar-refractivity contribution in [1.82, 2.24) is 9.78 Å². The van der Waals surface area contributed by atoms with Gasteiger partial charge in [-0.1, -0.05) is 12.1 Å². The lowest BCUT2D eigenvalue weighted by Gasteiger charge is -2.26. The molecule has 5 heteroatoms. The number of aromatic nitrogens is 2. The summed E-state index contributed by atoms with van der Waals surface area (Å²) in [5, 5.41) is 4.19. The highest BCUT2D eigenvalue weighted by Crippen LogP contribution is 2.26. The monoisotopic (exact) mass is 273 g/mol. The van der Waals surface area contributed by atoms with Crippen LogP contribution in [-0.4, -0.2) is 28.9 Å². The van der Waals surface area contributed by atoms with E-state index in [0.717, 1.165) is 11.3 Å². The van der Waals surface area contributed by atoms with E-state index in [4.69, 9.17) is 10.5 Å². The molecule has 1 heterocycles. The van der Waals surface area contributed by atoms with Crippen molar-refractivity contribution in [3.63, 3.8) is 0 Å². The second-order valence-electron chi connectivity index (χ2n) is 4.76. The number of ether oxygens (including phenoxy) is 1. The predicted molar refractivity (Wildman–Crippen MR) is 76.6 cm³/mol. The summed E-state index contributed by atoms with van der Waals surface area (Å²) in [6.07, 6.45) is 3.56. The number of esters is 1. The van der Waals surface area contributed by atoms with E-state index in [1.165, 1.54) is 0 Å². The molecule has 0 aliphatic rings. The summed E-state index contributed by atoms with van der Waals surface area (Å²) in [5.41, 5.74) is 6.68. The van der Waals surface area contributed by atoms with Crippen LogP contribution < -0.4 is 5.73 Å². The molecule has 106 valence electrons. The van der Waals surface area contributed by atoms with Gasteiger partial charge in [0, 0.05) is 18.9 Å². The fraction of sp³-hybridized carbons (Fsp3) is 0.333. The highest BCUT2D eigenvalue weighted by Gasteiger charge is 2.35. The van der Waals surface area contributed by atoms with E-state index in [9.17, 15) is 4.79 Å². The van der Waals surface area contributed by atoms with Crippen LogP contribution in [0.1, 0.15) is 19.4 Å². The summed E-state index contributed by atoms with van der Waals surface area (Å²) in [6.45, 7) is 4.11. The summed E-state index contributed by atoms with van der Waals surface area (Å²) < 4.78 is 6.88. The smallest absolute Gasteiger partial charge is 0.317 e. The van der Waals surface area contributed by atoms with Crippen molar-refractivity contribution < 1.29 is 9.53 Å². The lowest BCUT2D eigenvalue weighted by Crippen LogP contribution is -2.41. The molecule has 2 rings (SSSR count). The quantitative estimate of drug-likeness (QED) is 0.841. The molecule has 0 amide bonds. The number of hydrogen-bond donors (Lipinski definition) is 1. The van der Waals surface area contributed by atoms with Gasteiger partial charge in [0.15, 0.2) is 0 Å². The molecule has 1 atom stereocenters. The second-order valence-corrected chi connectivity index (χ2v) is 4.76. The number of hydrogen-bond acceptors (Lipinski definition) is 4. The Labute approximate surface area is 118 Å². The molecule has 2 N–H and O–H groups in total. The Balaban J connectivity index is 2.40. The van der Waals surface area contributed by atoms with Crippen molar-refractivity contribution in [2.24, 2.45) is 5.73 Å². The summed E-state index contributed by atoms with van der Waals surface area (Å²) in [6, 6.07) is 9.46. The molecule has 0 aliphatic heterocycles. The third-order valence-corrected chi connectivity index (χ3v) is 3.39. The minimum Gasteiger partial charge on any atom is -0.465 e. The van der Waals surface area contributed by atoms with Crippen LogP contribution in [0, 0.1) is 0 Å². The first-order chi connectivity index (χ1) is 9.61. The van der Waals surface area contributed by atoms with Crippen molar-refractivity contribution in [2.45, 2.75) is 19.3 Å². The van der Waals surface area contributed by atoms with Gasteiger partial charge in [0.2, 0.25) is 0 Å². The Morgan fingerprint density at radius 1 is 1.45 bits per heavy atom. The number of benzene rings is 1. The van der Waals surface area contributed by atoms with Crippen LogP contribution >= 0.6 is 0 Å². The Morgan fingerprint density at radius 2 is 2.25 bits per heavy atom. The van der Waals surface area contributed by atoms with Gasteiger partial charge in [-0.2, -0.15) is 5.10 Å². The molecule has 2 aromatic rings. The maximum absolute atomic E-state index is 12.2. The highest BCUT2D eigenvalue weighted by molar-refractivity contribution is 5.83. The SMILES string of the molecule is CCOC(=O)C(C)(CN)c1cccc(-n2cccn2)c1. The van der Waals surface area contributed by atoms with Crippen LogP contribution in [0.4, 0.5) is 0 Å². The van der Waals surface area contributed by atoms with Crippen molar-refractivity contribution in [1.29, 1.82) is 0 Å². The molecule has 0 fully saturated rings. The molecule has 0 spiro atoms. The topological polar surface area (TPSA) is 70.1 Å². The van der Waals surface area contributed by atoms with E-state index in [2.05, 4.69) is 5.10 Å². The summed E-state index contributed by atoms with van der Waals surface area (Å²) in [5.74, 6) is -0.305. The van der Waals surface area contributed by atoms with Crippen molar-refractivity contribution in [3.8, 4) is 5.69 Å². The second kappa shape index (κ2) is 5.88. The maximum Gasteiger partial charge on any atom is 0.317 e. The minimum absolute atomic E-state index is 0.189. The van der Waals surface area contributed by atoms with E-state index in [1.807, 2.05) is 36.5 Å². The average Bonchev–Trinajstić information content (AvgIpc) is 3.01. The number of carbonyl (C=O) groups excluding carboxylic acids is 1. The van der Waals surface area contributed by atoms with Gasteiger partial charge in [-0.25, -0.2) is 4.68 Å². The standard InChI is InChI=1S/C15H19N3O2/c1-3-20-14(19)15(2,11-16)12-6-4-7-13(10-12)18-9-5-8-17-18/h4-10H,3,11,16H2,1-2H3. The van der Waals surface area contributed by atoms with Crippen LogP contribution in [0.25, 0.3) is 5.69 Å². The van der Waals surface area contributed by atoms with E-state index in [1.54, 1.807) is 24.7 Å². The number of carbonyl (C=O) groups is 1. The van der Waals surface area contributed by atoms with Crippen LogP contribution in [-0.2, 0) is 14.9 Å². The highest BCUT2D eigenvalue weighted by atomic mass is 16.5. The molecule has 5 nitrogen and oxygen atoms in total. The molecular formula is C15H19N3O2. The fourth-order valence-electron chi connectivity index (χ4n) is 2.02. The largest absolute Gasteiger partial charge is 0.465 e. The maximum atomic E-state index is 12.2. The van der Waals surface area contributed by atoms with Gasteiger partial charge in [-0.3, -0.25) is 4.79 Å². The Bertz CT molecular complexity index is 581. The number of nitrogens with two attached hydrogens (primary N) is 1. The zero-order valence-corrected chi connectivity index (χ0v) is 11.7. The van der Waals surface area contributed by atoms with Crippen LogP contribution in [0.5, 0.6) is 0 Å². The van der Waals surface area contributed by atoms with Gasteiger partial charge in [-0.05, 0) is 37.6 Å². The first-order valence-electron chi connectivity index (χ1n) is 6.59. The minimum atomic E-state index is -0.848. The zero-order chi connectivity index (χ0) is 14.6. The molecule has 1 aromatic heterocycles. The normalized spacial score (nSPS) is 13.8. The molecule has 1 aromatic carbocycles. The van der Waals surface area contributed by atoms with Gasteiger partial charge in [0.05, 0.1) is 12.3 Å². The molecule has 0 bridgehead atoms. The Morgan fingerprint density at radius 3 is 2.85 bits per heavy atom. The molecule has 0 radical (unpaired) electrons. The number of nitrogens with zero attached hydrogens (tertiary/aromatic N) is 2. The van der Waals surface area contributed by atoms with Crippen molar-refractivity contribution in [3.05, 3.63) is 48.3 Å². The van der Waals surface area contributed by atoms with Crippen LogP contribution in [0.15, 0.2) is 42.7 Å². The zero-order valence-electron chi connectivity index (χ0n) is 11.7. The summed E-state index contributed by atoms with van der Waals surface area (Å²) in [7, 11) is 0. The molecule has 20 heavy (non-hydrogen) atoms. The van der Waals surface area contributed by atoms with Crippen LogP contribution in [0.2, 0.25) is 0 Å². The molecule has 0 saturated heterocycles. The lowest BCUT2D eigenvalue weighted by molar-refractivity contribution is -0.149. The first-order valence-corrected chi connectivity index (χ1v) is 6.59. The van der Waals surface area contributed by atoms with E-state index in [-0.39, 0.29) is 12.5 Å². The van der Waals surface area contributed by atoms with Gasteiger partial charge >= 0.3 is 5.97 Å². The van der Waals surface area contributed by atoms with Gasteiger partial charge in [0.1, 0.15) is 5.41 Å². The lowest BCUT2D eigenvalue weighted by atomic mass is 9.82. The summed E-state index contributed by atoms with van der Waals surface area (Å²) in [4.78, 5) is 12.2. The van der Waals surface area contributed by atoms with E-state index < -0.39 is 5.41 Å². The molecule has 1 unspecified atom stereocenters. The van der Waals surface area contributed by atoms with Gasteiger partial charge < -0.3 is 10.5 Å². The Kier molecular flexibility index (Phi) is 4.20. The molecular weight excluding hydrogens is 254 g/mol. The van der Waals surface area contributed by atoms with E-state index in [0.29, 0.717) is 6.61 Å². The molecule has 0 saturated carbocycles. The average molecular weight is 273 g/mol. The van der Waals surface area contributed by atoms with Gasteiger partial charge in [-0.15, -0.1) is 0 Å². The van der Waals surface area contributed by atoms with Gasteiger partial charge in [0.25, 0.3) is 0 Å². The Hall–Kier alpha value is -2.14. The summed E-state index contributed by atoms with van der Waals surface area (Å²) >= 11 is 0. The number of rotatable bonds is 5. The molecule has 0 aliphatic carbocycles. The fourth-order valence-corrected chi connectivity index (χ4v) is 2.02. The van der Waals surface area contributed by atoms with Crippen molar-refractivity contribution >= 4 is 5.97 Å². The van der Waals surface area contributed by atoms with Crippen molar-refractivity contribution in [2.75, 3.05) is 13.2 Å². The third-order valence-electron chi connectivity index (χ3n) is 3.39. The predicted octanol–water partition coefficient (Wildman–Crippen LogP) is 1.65. The third kappa shape index (κ3) is 2.58. The first kappa shape index (κ1) is 14.3. The van der Waals surface area contributed by atoms with E-state index >= 15 is 0 Å². The van der Waals surface area contributed by atoms with Crippen LogP contribution in [0.3, 0.4) is 0 Å².